The molecule has 0 fully saturated rings. The maximum absolute atomic E-state index is 5.56. The predicted octanol–water partition coefficient (Wildman–Crippen LogP) is 3.99. The number of methoxy groups -OCH3 is 1. The summed E-state index contributed by atoms with van der Waals surface area (Å²) in [6, 6.07) is 16.3. The Balaban J connectivity index is 1.49. The third-order valence-corrected chi connectivity index (χ3v) is 3.91. The molecule has 0 amide bonds. The molecule has 1 aromatic heterocycles. The molecule has 3 aromatic rings. The van der Waals surface area contributed by atoms with Gasteiger partial charge < -0.3 is 14.5 Å². The van der Waals surface area contributed by atoms with Crippen LogP contribution in [0.4, 0.5) is 0 Å². The van der Waals surface area contributed by atoms with Crippen molar-refractivity contribution in [3.8, 4) is 17.2 Å². The highest BCUT2D eigenvalue weighted by Crippen LogP contribution is 2.21. The van der Waals surface area contributed by atoms with Gasteiger partial charge in [-0.25, -0.2) is 4.98 Å². The van der Waals surface area contributed by atoms with E-state index >= 15 is 0 Å². The Morgan fingerprint density at radius 1 is 1.04 bits per heavy atom. The monoisotopic (exact) mass is 322 g/mol. The number of aryl methyl sites for hydroxylation is 1. The van der Waals surface area contributed by atoms with E-state index in [2.05, 4.69) is 41.5 Å². The zero-order valence-electron chi connectivity index (χ0n) is 14.1. The molecular weight excluding hydrogens is 300 g/mol. The van der Waals surface area contributed by atoms with Gasteiger partial charge in [0, 0.05) is 12.1 Å². The number of hydrogen-bond donors (Lipinski definition) is 1. The summed E-state index contributed by atoms with van der Waals surface area (Å²) < 4.78 is 10.7. The second-order valence-corrected chi connectivity index (χ2v) is 5.78. The van der Waals surface area contributed by atoms with Gasteiger partial charge in [0.15, 0.2) is 0 Å². The van der Waals surface area contributed by atoms with Gasteiger partial charge in [0.1, 0.15) is 12.0 Å². The molecule has 0 radical (unpaired) electrons. The van der Waals surface area contributed by atoms with Gasteiger partial charge in [0.25, 0.3) is 0 Å². The van der Waals surface area contributed by atoms with Crippen LogP contribution in [-0.2, 0) is 13.0 Å². The van der Waals surface area contributed by atoms with Gasteiger partial charge in [-0.2, -0.15) is 0 Å². The van der Waals surface area contributed by atoms with E-state index in [0.29, 0.717) is 12.4 Å². The highest BCUT2D eigenvalue weighted by atomic mass is 16.5. The number of rotatable bonds is 7. The first kappa shape index (κ1) is 16.3. The van der Waals surface area contributed by atoms with Gasteiger partial charge in [-0.3, -0.25) is 0 Å². The maximum Gasteiger partial charge on any atom is 0.226 e. The molecule has 1 heterocycles. The summed E-state index contributed by atoms with van der Waals surface area (Å²) in [5, 5.41) is 3.41. The van der Waals surface area contributed by atoms with Gasteiger partial charge in [-0.15, -0.1) is 0 Å². The Labute approximate surface area is 142 Å². The molecule has 0 atom stereocenters. The van der Waals surface area contributed by atoms with Crippen LogP contribution < -0.4 is 10.1 Å². The number of hydrogen-bond acceptors (Lipinski definition) is 4. The molecule has 3 rings (SSSR count). The fraction of sp³-hybridized carbons (Fsp3) is 0.250. The van der Waals surface area contributed by atoms with Gasteiger partial charge >= 0.3 is 0 Å². The molecule has 0 aliphatic carbocycles. The van der Waals surface area contributed by atoms with E-state index < -0.39 is 0 Å². The zero-order chi connectivity index (χ0) is 16.8. The number of nitrogens with zero attached hydrogens (tertiary/aromatic N) is 1. The summed E-state index contributed by atoms with van der Waals surface area (Å²) >= 11 is 0. The largest absolute Gasteiger partial charge is 0.497 e. The highest BCUT2D eigenvalue weighted by molar-refractivity contribution is 5.54. The van der Waals surface area contributed by atoms with Crippen molar-refractivity contribution in [2.75, 3.05) is 13.7 Å². The van der Waals surface area contributed by atoms with Crippen molar-refractivity contribution >= 4 is 0 Å². The van der Waals surface area contributed by atoms with Crippen molar-refractivity contribution < 1.29 is 9.15 Å². The minimum Gasteiger partial charge on any atom is -0.497 e. The lowest BCUT2D eigenvalue weighted by Gasteiger charge is -2.03. The topological polar surface area (TPSA) is 47.3 Å². The lowest BCUT2D eigenvalue weighted by Crippen LogP contribution is -2.16. The van der Waals surface area contributed by atoms with Crippen molar-refractivity contribution in [1.82, 2.24) is 10.3 Å². The van der Waals surface area contributed by atoms with Crippen LogP contribution >= 0.6 is 0 Å². The summed E-state index contributed by atoms with van der Waals surface area (Å²) in [6.45, 7) is 3.71. The normalized spacial score (nSPS) is 10.8. The molecule has 0 aliphatic heterocycles. The Morgan fingerprint density at radius 2 is 1.79 bits per heavy atom. The van der Waals surface area contributed by atoms with Gasteiger partial charge in [-0.05, 0) is 49.7 Å². The molecule has 24 heavy (non-hydrogen) atoms. The van der Waals surface area contributed by atoms with E-state index in [-0.39, 0.29) is 0 Å². The van der Waals surface area contributed by atoms with Crippen LogP contribution in [0.1, 0.15) is 16.8 Å². The zero-order valence-corrected chi connectivity index (χ0v) is 14.1. The van der Waals surface area contributed by atoms with Crippen LogP contribution in [0.5, 0.6) is 5.75 Å². The second-order valence-electron chi connectivity index (χ2n) is 5.78. The molecule has 0 aliphatic rings. The highest BCUT2D eigenvalue weighted by Gasteiger charge is 2.06. The Hall–Kier alpha value is -2.59. The summed E-state index contributed by atoms with van der Waals surface area (Å²) in [7, 11) is 1.65. The van der Waals surface area contributed by atoms with E-state index in [1.807, 2.05) is 24.3 Å². The average Bonchev–Trinajstić information content (AvgIpc) is 3.09. The first-order valence-corrected chi connectivity index (χ1v) is 8.10. The summed E-state index contributed by atoms with van der Waals surface area (Å²) in [6.07, 6.45) is 2.71. The molecule has 1 N–H and O–H groups in total. The SMILES string of the molecule is COc1ccc(-c2nc(CNCCc3ccc(C)cc3)co2)cc1. The van der Waals surface area contributed by atoms with E-state index in [1.165, 1.54) is 11.1 Å². The molecule has 0 saturated carbocycles. The average molecular weight is 322 g/mol. The standard InChI is InChI=1S/C20H22N2O2/c1-15-3-5-16(6-4-15)11-12-21-13-18-14-24-20(22-18)17-7-9-19(23-2)10-8-17/h3-10,14,21H,11-13H2,1-2H3. The minimum absolute atomic E-state index is 0.632. The molecule has 0 spiro atoms. The molecule has 0 unspecified atom stereocenters. The maximum atomic E-state index is 5.56. The number of nitrogens with one attached hydrogen (secondary N) is 1. The van der Waals surface area contributed by atoms with Crippen LogP contribution in [0.15, 0.2) is 59.2 Å². The van der Waals surface area contributed by atoms with Crippen molar-refractivity contribution in [2.24, 2.45) is 0 Å². The quantitative estimate of drug-likeness (QED) is 0.668. The number of oxazole rings is 1. The molecule has 0 saturated heterocycles. The first-order valence-electron chi connectivity index (χ1n) is 8.10. The number of benzene rings is 2. The summed E-state index contributed by atoms with van der Waals surface area (Å²) in [5.41, 5.74) is 4.49. The third-order valence-electron chi connectivity index (χ3n) is 3.91. The Morgan fingerprint density at radius 3 is 2.50 bits per heavy atom. The van der Waals surface area contributed by atoms with Crippen LogP contribution in [-0.4, -0.2) is 18.6 Å². The summed E-state index contributed by atoms with van der Waals surface area (Å²) in [5.74, 6) is 1.45. The number of ether oxygens (including phenoxy) is 1. The van der Waals surface area contributed by atoms with Crippen molar-refractivity contribution in [2.45, 2.75) is 19.9 Å². The van der Waals surface area contributed by atoms with E-state index in [9.17, 15) is 0 Å². The summed E-state index contributed by atoms with van der Waals surface area (Å²) in [4.78, 5) is 4.52. The molecule has 4 nitrogen and oxygen atoms in total. The van der Waals surface area contributed by atoms with Gasteiger partial charge in [0.2, 0.25) is 5.89 Å². The number of aromatic nitrogens is 1. The first-order chi connectivity index (χ1) is 11.7. The van der Waals surface area contributed by atoms with Crippen LogP contribution in [0.25, 0.3) is 11.5 Å². The molecule has 4 heteroatoms. The van der Waals surface area contributed by atoms with E-state index in [1.54, 1.807) is 13.4 Å². The van der Waals surface area contributed by atoms with Crippen LogP contribution in [0.2, 0.25) is 0 Å². The molecule has 2 aromatic carbocycles. The van der Waals surface area contributed by atoms with Gasteiger partial charge in [-0.1, -0.05) is 29.8 Å². The minimum atomic E-state index is 0.632. The molecule has 0 bridgehead atoms. The van der Waals surface area contributed by atoms with Crippen molar-refractivity contribution in [3.63, 3.8) is 0 Å². The predicted molar refractivity (Wildman–Crippen MR) is 95.1 cm³/mol. The van der Waals surface area contributed by atoms with Crippen LogP contribution in [0, 0.1) is 6.92 Å². The van der Waals surface area contributed by atoms with Gasteiger partial charge in [0.05, 0.1) is 12.8 Å². The van der Waals surface area contributed by atoms with Crippen molar-refractivity contribution in [3.05, 3.63) is 71.6 Å². The Bertz CT molecular complexity index is 761. The lowest BCUT2D eigenvalue weighted by atomic mass is 10.1. The lowest BCUT2D eigenvalue weighted by molar-refractivity contribution is 0.415. The van der Waals surface area contributed by atoms with Crippen molar-refractivity contribution in [1.29, 1.82) is 0 Å². The Kier molecular flexibility index (Phi) is 5.29. The molecule has 124 valence electrons. The van der Waals surface area contributed by atoms with E-state index in [0.717, 1.165) is 30.0 Å². The smallest absolute Gasteiger partial charge is 0.226 e. The van der Waals surface area contributed by atoms with Crippen LogP contribution in [0.3, 0.4) is 0 Å². The third kappa shape index (κ3) is 4.24. The fourth-order valence-corrected chi connectivity index (χ4v) is 2.46. The van der Waals surface area contributed by atoms with E-state index in [4.69, 9.17) is 9.15 Å². The second kappa shape index (κ2) is 7.79. The molecular formula is C20H22N2O2. The fourth-order valence-electron chi connectivity index (χ4n) is 2.46.